The summed E-state index contributed by atoms with van der Waals surface area (Å²) in [5, 5.41) is 11.4. The van der Waals surface area contributed by atoms with E-state index in [9.17, 15) is 14.9 Å². The fourth-order valence-electron chi connectivity index (χ4n) is 2.87. The van der Waals surface area contributed by atoms with Gasteiger partial charge in [0.15, 0.2) is 0 Å². The van der Waals surface area contributed by atoms with E-state index in [1.165, 1.54) is 12.1 Å². The maximum Gasteiger partial charge on any atom is 0.269 e. The van der Waals surface area contributed by atoms with E-state index in [0.29, 0.717) is 28.8 Å². The van der Waals surface area contributed by atoms with E-state index >= 15 is 0 Å². The van der Waals surface area contributed by atoms with Gasteiger partial charge in [0.2, 0.25) is 0 Å². The van der Waals surface area contributed by atoms with E-state index in [4.69, 9.17) is 0 Å². The second-order valence-electron chi connectivity index (χ2n) is 5.92. The summed E-state index contributed by atoms with van der Waals surface area (Å²) in [5.74, 6) is 0.686. The number of hydrogen-bond acceptors (Lipinski definition) is 4. The molecular weight excluding hydrogens is 318 g/mol. The number of benzene rings is 2. The van der Waals surface area contributed by atoms with Gasteiger partial charge in [-0.15, -0.1) is 0 Å². The molecule has 6 nitrogen and oxygen atoms in total. The molecular formula is C19H19N3O3. The molecule has 128 valence electrons. The number of para-hydroxylation sites is 1. The van der Waals surface area contributed by atoms with Crippen molar-refractivity contribution in [2.24, 2.45) is 0 Å². The predicted molar refractivity (Wildman–Crippen MR) is 97.2 cm³/mol. The molecule has 0 N–H and O–H groups in total. The van der Waals surface area contributed by atoms with Gasteiger partial charge in [-0.2, -0.15) is 0 Å². The zero-order valence-electron chi connectivity index (χ0n) is 14.0. The van der Waals surface area contributed by atoms with Crippen molar-refractivity contribution in [1.82, 2.24) is 9.55 Å². The lowest BCUT2D eigenvalue weighted by molar-refractivity contribution is -0.384. The van der Waals surface area contributed by atoms with Crippen molar-refractivity contribution in [3.63, 3.8) is 0 Å². The highest BCUT2D eigenvalue weighted by atomic mass is 16.6. The molecule has 3 rings (SSSR count). The number of unbranched alkanes of at least 4 members (excludes halogenated alkanes) is 2. The van der Waals surface area contributed by atoms with Gasteiger partial charge in [0.25, 0.3) is 11.2 Å². The number of nitrogens with zero attached hydrogens (tertiary/aromatic N) is 3. The highest BCUT2D eigenvalue weighted by molar-refractivity contribution is 5.77. The molecule has 0 unspecified atom stereocenters. The Hall–Kier alpha value is -3.02. The molecule has 6 heteroatoms. The largest absolute Gasteiger partial charge is 0.269 e. The normalized spacial score (nSPS) is 10.9. The lowest BCUT2D eigenvalue weighted by atomic mass is 10.1. The summed E-state index contributed by atoms with van der Waals surface area (Å²) in [4.78, 5) is 28.1. The summed E-state index contributed by atoms with van der Waals surface area (Å²) in [6.45, 7) is 2.12. The van der Waals surface area contributed by atoms with Crippen molar-refractivity contribution in [3.05, 3.63) is 74.8 Å². The molecule has 0 amide bonds. The van der Waals surface area contributed by atoms with Crippen LogP contribution in [0.25, 0.3) is 16.6 Å². The molecule has 0 atom stereocenters. The van der Waals surface area contributed by atoms with Gasteiger partial charge in [-0.25, -0.2) is 4.98 Å². The maximum atomic E-state index is 13.0. The SMILES string of the molecule is CCCCCc1nc2ccccc2c(=O)n1-c1ccc([N+](=O)[O-])cc1. The number of hydrogen-bond donors (Lipinski definition) is 0. The summed E-state index contributed by atoms with van der Waals surface area (Å²) in [6.07, 6.45) is 3.76. The first-order valence-electron chi connectivity index (χ1n) is 8.37. The van der Waals surface area contributed by atoms with Crippen LogP contribution in [0.5, 0.6) is 0 Å². The summed E-state index contributed by atoms with van der Waals surface area (Å²) in [6, 6.07) is 13.3. The smallest absolute Gasteiger partial charge is 0.268 e. The molecule has 0 saturated carbocycles. The number of fused-ring (bicyclic) bond motifs is 1. The molecule has 25 heavy (non-hydrogen) atoms. The van der Waals surface area contributed by atoms with Crippen LogP contribution in [0.2, 0.25) is 0 Å². The Morgan fingerprint density at radius 2 is 1.80 bits per heavy atom. The number of nitro benzene ring substituents is 1. The average Bonchev–Trinajstić information content (AvgIpc) is 2.62. The van der Waals surface area contributed by atoms with Gasteiger partial charge < -0.3 is 0 Å². The standard InChI is InChI=1S/C19H19N3O3/c1-2-3-4-9-18-20-17-8-6-5-7-16(17)19(23)21(18)14-10-12-15(13-11-14)22(24)25/h5-8,10-13H,2-4,9H2,1H3. The molecule has 0 radical (unpaired) electrons. The highest BCUT2D eigenvalue weighted by Crippen LogP contribution is 2.18. The molecule has 0 bridgehead atoms. The average molecular weight is 337 g/mol. The lowest BCUT2D eigenvalue weighted by Gasteiger charge is -2.13. The molecule has 1 heterocycles. The Kier molecular flexibility index (Phi) is 4.88. The second kappa shape index (κ2) is 7.25. The molecule has 0 saturated heterocycles. The number of rotatable bonds is 6. The minimum absolute atomic E-state index is 0.00178. The zero-order chi connectivity index (χ0) is 17.8. The van der Waals surface area contributed by atoms with E-state index in [0.717, 1.165) is 19.3 Å². The zero-order valence-corrected chi connectivity index (χ0v) is 14.0. The third kappa shape index (κ3) is 3.42. The lowest BCUT2D eigenvalue weighted by Crippen LogP contribution is -2.24. The van der Waals surface area contributed by atoms with Crippen molar-refractivity contribution >= 4 is 16.6 Å². The Balaban J connectivity index is 2.16. The van der Waals surface area contributed by atoms with Crippen molar-refractivity contribution in [3.8, 4) is 5.69 Å². The Bertz CT molecular complexity index is 962. The van der Waals surface area contributed by atoms with Crippen molar-refractivity contribution in [1.29, 1.82) is 0 Å². The molecule has 3 aromatic rings. The van der Waals surface area contributed by atoms with Gasteiger partial charge in [0, 0.05) is 18.6 Å². The van der Waals surface area contributed by atoms with Crippen LogP contribution in [-0.4, -0.2) is 14.5 Å². The Labute approximate surface area is 144 Å². The Morgan fingerprint density at radius 1 is 1.08 bits per heavy atom. The van der Waals surface area contributed by atoms with Crippen LogP contribution in [0, 0.1) is 10.1 Å². The quantitative estimate of drug-likeness (QED) is 0.386. The Morgan fingerprint density at radius 3 is 2.48 bits per heavy atom. The first kappa shape index (κ1) is 16.8. The van der Waals surface area contributed by atoms with E-state index < -0.39 is 4.92 Å². The van der Waals surface area contributed by atoms with Crippen LogP contribution in [0.15, 0.2) is 53.3 Å². The van der Waals surface area contributed by atoms with Crippen LogP contribution < -0.4 is 5.56 Å². The number of nitro groups is 1. The third-order valence-electron chi connectivity index (χ3n) is 4.17. The molecule has 1 aromatic heterocycles. The first-order chi connectivity index (χ1) is 12.1. The molecule has 0 aliphatic rings. The number of non-ortho nitro benzene ring substituents is 1. The van der Waals surface area contributed by atoms with Gasteiger partial charge in [-0.3, -0.25) is 19.5 Å². The van der Waals surface area contributed by atoms with E-state index in [1.807, 2.05) is 18.2 Å². The first-order valence-corrected chi connectivity index (χ1v) is 8.37. The van der Waals surface area contributed by atoms with Crippen LogP contribution in [0.3, 0.4) is 0 Å². The molecule has 0 spiro atoms. The van der Waals surface area contributed by atoms with Crippen LogP contribution >= 0.6 is 0 Å². The van der Waals surface area contributed by atoms with E-state index in [2.05, 4.69) is 11.9 Å². The van der Waals surface area contributed by atoms with Crippen LogP contribution in [-0.2, 0) is 6.42 Å². The molecule has 2 aromatic carbocycles. The van der Waals surface area contributed by atoms with Gasteiger partial charge in [-0.1, -0.05) is 31.9 Å². The summed E-state index contributed by atoms with van der Waals surface area (Å²) < 4.78 is 1.57. The molecule has 0 aliphatic carbocycles. The summed E-state index contributed by atoms with van der Waals surface area (Å²) in [7, 11) is 0. The van der Waals surface area contributed by atoms with Gasteiger partial charge in [0.05, 0.1) is 21.5 Å². The van der Waals surface area contributed by atoms with Gasteiger partial charge in [0.1, 0.15) is 5.82 Å². The van der Waals surface area contributed by atoms with Crippen LogP contribution in [0.4, 0.5) is 5.69 Å². The van der Waals surface area contributed by atoms with Crippen LogP contribution in [0.1, 0.15) is 32.0 Å². The molecule has 0 aliphatic heterocycles. The van der Waals surface area contributed by atoms with Crippen molar-refractivity contribution in [2.75, 3.05) is 0 Å². The highest BCUT2D eigenvalue weighted by Gasteiger charge is 2.13. The second-order valence-corrected chi connectivity index (χ2v) is 5.92. The monoisotopic (exact) mass is 337 g/mol. The van der Waals surface area contributed by atoms with Crippen molar-refractivity contribution in [2.45, 2.75) is 32.6 Å². The topological polar surface area (TPSA) is 78.0 Å². The fourth-order valence-corrected chi connectivity index (χ4v) is 2.87. The maximum absolute atomic E-state index is 13.0. The van der Waals surface area contributed by atoms with Gasteiger partial charge >= 0.3 is 0 Å². The minimum atomic E-state index is -0.451. The number of aryl methyl sites for hydroxylation is 1. The van der Waals surface area contributed by atoms with E-state index in [1.54, 1.807) is 22.8 Å². The fraction of sp³-hybridized carbons (Fsp3) is 0.263. The third-order valence-corrected chi connectivity index (χ3v) is 4.17. The van der Waals surface area contributed by atoms with E-state index in [-0.39, 0.29) is 11.2 Å². The van der Waals surface area contributed by atoms with Crippen molar-refractivity contribution < 1.29 is 4.92 Å². The minimum Gasteiger partial charge on any atom is -0.268 e. The molecule has 0 fully saturated rings. The number of aromatic nitrogens is 2. The van der Waals surface area contributed by atoms with Gasteiger partial charge in [-0.05, 0) is 30.7 Å². The summed E-state index contributed by atoms with van der Waals surface area (Å²) >= 11 is 0. The predicted octanol–water partition coefficient (Wildman–Crippen LogP) is 4.03. The summed E-state index contributed by atoms with van der Waals surface area (Å²) in [5.41, 5.74) is 1.13.